The lowest BCUT2D eigenvalue weighted by Crippen LogP contribution is -2.14. The molecule has 0 unspecified atom stereocenters. The number of nitrogens with one attached hydrogen (secondary N) is 1. The van der Waals surface area contributed by atoms with Gasteiger partial charge >= 0.3 is 5.97 Å². The molecule has 0 aliphatic heterocycles. The Labute approximate surface area is 148 Å². The summed E-state index contributed by atoms with van der Waals surface area (Å²) in [6.07, 6.45) is 0. The van der Waals surface area contributed by atoms with Gasteiger partial charge in [0.1, 0.15) is 0 Å². The van der Waals surface area contributed by atoms with Crippen molar-refractivity contribution in [2.24, 2.45) is 0 Å². The van der Waals surface area contributed by atoms with E-state index in [1.165, 1.54) is 31.0 Å². The lowest BCUT2D eigenvalue weighted by Gasteiger charge is -2.08. The molecule has 1 aromatic heterocycles. The number of ether oxygens (including phenoxy) is 1. The number of esters is 1. The first-order valence-electron chi connectivity index (χ1n) is 6.95. The third kappa shape index (κ3) is 4.46. The van der Waals surface area contributed by atoms with Crippen molar-refractivity contribution in [2.45, 2.75) is 35.3 Å². The Hall–Kier alpha value is -1.65. The van der Waals surface area contributed by atoms with Gasteiger partial charge in [-0.05, 0) is 24.6 Å². The van der Waals surface area contributed by atoms with Crippen LogP contribution >= 0.6 is 23.1 Å². The monoisotopic (exact) mass is 387 g/mol. The van der Waals surface area contributed by atoms with Crippen LogP contribution in [0.1, 0.15) is 29.8 Å². The second kappa shape index (κ2) is 7.49. The second-order valence-corrected chi connectivity index (χ2v) is 9.60. The number of methoxy groups -OCH3 is 1. The fourth-order valence-corrected chi connectivity index (χ4v) is 5.00. The molecule has 0 radical (unpaired) electrons. The summed E-state index contributed by atoms with van der Waals surface area (Å²) in [5.41, 5.74) is 0.834. The van der Waals surface area contributed by atoms with Crippen LogP contribution in [-0.4, -0.2) is 36.9 Å². The number of nitrogens with zero attached hydrogens (tertiary/aromatic N) is 2. The highest BCUT2D eigenvalue weighted by Crippen LogP contribution is 2.29. The van der Waals surface area contributed by atoms with Crippen molar-refractivity contribution in [1.29, 1.82) is 0 Å². The summed E-state index contributed by atoms with van der Waals surface area (Å²) in [5.74, 6) is -0.587. The molecule has 130 valence electrons. The van der Waals surface area contributed by atoms with E-state index in [2.05, 4.69) is 19.7 Å². The van der Waals surface area contributed by atoms with Gasteiger partial charge in [0.2, 0.25) is 5.13 Å². The highest BCUT2D eigenvalue weighted by atomic mass is 32.2. The fraction of sp³-hybridized carbons (Fsp3) is 0.357. The van der Waals surface area contributed by atoms with Crippen LogP contribution in [0, 0.1) is 6.92 Å². The molecule has 0 atom stereocenters. The predicted octanol–water partition coefficient (Wildman–Crippen LogP) is 2.93. The molecule has 0 aliphatic rings. The van der Waals surface area contributed by atoms with E-state index in [4.69, 9.17) is 0 Å². The van der Waals surface area contributed by atoms with Crippen LogP contribution in [0.25, 0.3) is 0 Å². The van der Waals surface area contributed by atoms with Crippen molar-refractivity contribution in [1.82, 2.24) is 10.2 Å². The highest BCUT2D eigenvalue weighted by Gasteiger charge is 2.20. The lowest BCUT2D eigenvalue weighted by molar-refractivity contribution is 0.0599. The Bertz CT molecular complexity index is 847. The van der Waals surface area contributed by atoms with Crippen molar-refractivity contribution >= 4 is 44.2 Å². The van der Waals surface area contributed by atoms with Gasteiger partial charge in [-0.1, -0.05) is 43.0 Å². The van der Waals surface area contributed by atoms with E-state index in [0.717, 1.165) is 11.3 Å². The first-order valence-corrected chi connectivity index (χ1v) is 10.1. The van der Waals surface area contributed by atoms with Crippen molar-refractivity contribution in [3.63, 3.8) is 0 Å². The first kappa shape index (κ1) is 18.7. The van der Waals surface area contributed by atoms with E-state index < -0.39 is 16.0 Å². The molecule has 1 N–H and O–H groups in total. The molecule has 1 aromatic carbocycles. The Balaban J connectivity index is 2.27. The summed E-state index contributed by atoms with van der Waals surface area (Å²) in [4.78, 5) is 11.7. The molecule has 0 spiro atoms. The Kier molecular flexibility index (Phi) is 5.83. The molecule has 0 fully saturated rings. The van der Waals surface area contributed by atoms with Crippen LogP contribution in [0.4, 0.5) is 5.13 Å². The molecule has 2 rings (SSSR count). The summed E-state index contributed by atoms with van der Waals surface area (Å²) < 4.78 is 32.7. The van der Waals surface area contributed by atoms with Crippen molar-refractivity contribution in [3.05, 3.63) is 29.3 Å². The van der Waals surface area contributed by atoms with E-state index in [-0.39, 0.29) is 15.6 Å². The Morgan fingerprint density at radius 2 is 2.04 bits per heavy atom. The molecule has 0 saturated carbocycles. The molecule has 0 bridgehead atoms. The molecule has 2 aromatic rings. The maximum atomic E-state index is 12.5. The van der Waals surface area contributed by atoms with Gasteiger partial charge in [-0.15, -0.1) is 10.2 Å². The number of benzene rings is 1. The van der Waals surface area contributed by atoms with Gasteiger partial charge < -0.3 is 4.74 Å². The normalized spacial score (nSPS) is 11.5. The van der Waals surface area contributed by atoms with E-state index >= 15 is 0 Å². The SMILES string of the molecule is COC(=O)c1cc(S(=O)(=O)Nc2nnc(SC(C)C)s2)ccc1C. The van der Waals surface area contributed by atoms with E-state index in [1.54, 1.807) is 13.0 Å². The summed E-state index contributed by atoms with van der Waals surface area (Å²) in [6.45, 7) is 5.73. The average molecular weight is 388 g/mol. The number of hydrogen-bond donors (Lipinski definition) is 1. The maximum absolute atomic E-state index is 12.5. The van der Waals surface area contributed by atoms with Crippen LogP contribution in [0.2, 0.25) is 0 Å². The molecule has 24 heavy (non-hydrogen) atoms. The molecular formula is C14H17N3O4S3. The topological polar surface area (TPSA) is 98.2 Å². The highest BCUT2D eigenvalue weighted by molar-refractivity contribution is 8.01. The Morgan fingerprint density at radius 3 is 2.67 bits per heavy atom. The summed E-state index contributed by atoms with van der Waals surface area (Å²) >= 11 is 2.66. The van der Waals surface area contributed by atoms with E-state index in [9.17, 15) is 13.2 Å². The van der Waals surface area contributed by atoms with Crippen LogP contribution in [0.15, 0.2) is 27.4 Å². The van der Waals surface area contributed by atoms with E-state index in [0.29, 0.717) is 15.2 Å². The molecule has 10 heteroatoms. The van der Waals surface area contributed by atoms with Crippen molar-refractivity contribution in [2.75, 3.05) is 11.8 Å². The third-order valence-electron chi connectivity index (χ3n) is 2.89. The third-order valence-corrected chi connectivity index (χ3v) is 6.28. The number of anilines is 1. The van der Waals surface area contributed by atoms with Gasteiger partial charge in [0.15, 0.2) is 4.34 Å². The van der Waals surface area contributed by atoms with Gasteiger partial charge in [0.25, 0.3) is 10.0 Å². The first-order chi connectivity index (χ1) is 11.2. The van der Waals surface area contributed by atoms with E-state index in [1.807, 2.05) is 13.8 Å². The van der Waals surface area contributed by atoms with Crippen LogP contribution < -0.4 is 4.72 Å². The summed E-state index contributed by atoms with van der Waals surface area (Å²) in [5, 5.41) is 8.28. The number of carbonyl (C=O) groups excluding carboxylic acids is 1. The average Bonchev–Trinajstić information content (AvgIpc) is 2.92. The van der Waals surface area contributed by atoms with Gasteiger partial charge in [-0.2, -0.15) is 0 Å². The Morgan fingerprint density at radius 1 is 1.33 bits per heavy atom. The van der Waals surface area contributed by atoms with Crippen LogP contribution in [-0.2, 0) is 14.8 Å². The minimum absolute atomic E-state index is 0.0400. The number of sulfonamides is 1. The molecular weight excluding hydrogens is 370 g/mol. The van der Waals surface area contributed by atoms with Crippen LogP contribution in [0.3, 0.4) is 0 Å². The zero-order chi connectivity index (χ0) is 17.9. The quantitative estimate of drug-likeness (QED) is 0.601. The fourth-order valence-electron chi connectivity index (χ4n) is 1.77. The summed E-state index contributed by atoms with van der Waals surface area (Å²) in [7, 11) is -2.62. The zero-order valence-electron chi connectivity index (χ0n) is 13.6. The number of rotatable bonds is 6. The lowest BCUT2D eigenvalue weighted by atomic mass is 10.1. The molecule has 0 amide bonds. The van der Waals surface area contributed by atoms with Gasteiger partial charge in [-0.3, -0.25) is 4.72 Å². The molecule has 1 heterocycles. The predicted molar refractivity (Wildman–Crippen MR) is 94.2 cm³/mol. The number of aromatic nitrogens is 2. The number of aryl methyl sites for hydroxylation is 1. The van der Waals surface area contributed by atoms with Gasteiger partial charge in [0, 0.05) is 5.25 Å². The molecule has 7 nitrogen and oxygen atoms in total. The van der Waals surface area contributed by atoms with Gasteiger partial charge in [-0.25, -0.2) is 13.2 Å². The van der Waals surface area contributed by atoms with Crippen molar-refractivity contribution in [3.8, 4) is 0 Å². The summed E-state index contributed by atoms with van der Waals surface area (Å²) in [6, 6.07) is 4.27. The number of thioether (sulfide) groups is 1. The smallest absolute Gasteiger partial charge is 0.338 e. The largest absolute Gasteiger partial charge is 0.465 e. The standard InChI is InChI=1S/C14H17N3O4S3/c1-8(2)22-14-16-15-13(23-14)17-24(19,20)10-6-5-9(3)11(7-10)12(18)21-4/h5-8H,1-4H3,(H,15,17). The minimum atomic E-state index is -3.87. The number of hydrogen-bond acceptors (Lipinski definition) is 8. The molecule has 0 aliphatic carbocycles. The maximum Gasteiger partial charge on any atom is 0.338 e. The zero-order valence-corrected chi connectivity index (χ0v) is 16.0. The number of carbonyl (C=O) groups is 1. The minimum Gasteiger partial charge on any atom is -0.465 e. The second-order valence-electron chi connectivity index (χ2n) is 5.11. The van der Waals surface area contributed by atoms with Crippen LogP contribution in [0.5, 0.6) is 0 Å². The molecule has 0 saturated heterocycles. The van der Waals surface area contributed by atoms with Crippen molar-refractivity contribution < 1.29 is 17.9 Å². The van der Waals surface area contributed by atoms with Gasteiger partial charge in [0.05, 0.1) is 17.6 Å².